The molecule has 0 aliphatic carbocycles. The first-order valence-electron chi connectivity index (χ1n) is 4.65. The van der Waals surface area contributed by atoms with Crippen molar-refractivity contribution >= 4 is 5.91 Å². The number of benzene rings is 1. The molecule has 1 unspecified atom stereocenters. The predicted molar refractivity (Wildman–Crippen MR) is 56.3 cm³/mol. The summed E-state index contributed by atoms with van der Waals surface area (Å²) < 4.78 is 5.16. The fourth-order valence-electron chi connectivity index (χ4n) is 1.48. The number of ether oxygens (including phenoxy) is 1. The molecule has 1 rings (SSSR count). The number of likely N-dealkylation sites (N-methyl/N-ethyl adjacent to an activating group) is 1. The Bertz CT molecular complexity index is 320. The van der Waals surface area contributed by atoms with Crippen LogP contribution in [0, 0.1) is 0 Å². The van der Waals surface area contributed by atoms with Gasteiger partial charge in [-0.1, -0.05) is 30.3 Å². The molecular formula is C11H15NO3. The third-order valence-corrected chi connectivity index (χ3v) is 2.41. The van der Waals surface area contributed by atoms with Crippen molar-refractivity contribution in [3.63, 3.8) is 0 Å². The largest absolute Gasteiger partial charge is 0.392 e. The van der Waals surface area contributed by atoms with Gasteiger partial charge in [-0.3, -0.25) is 4.79 Å². The number of aliphatic hydroxyl groups is 1. The molecule has 2 N–H and O–H groups in total. The van der Waals surface area contributed by atoms with Gasteiger partial charge in [-0.15, -0.1) is 0 Å². The van der Waals surface area contributed by atoms with Gasteiger partial charge in [0.05, 0.1) is 6.61 Å². The molecule has 1 atom stereocenters. The van der Waals surface area contributed by atoms with Crippen LogP contribution in [0.2, 0.25) is 0 Å². The summed E-state index contributed by atoms with van der Waals surface area (Å²) in [6.07, 6.45) is 0. The third-order valence-electron chi connectivity index (χ3n) is 2.41. The molecule has 1 aromatic carbocycles. The zero-order valence-electron chi connectivity index (χ0n) is 8.86. The minimum Gasteiger partial charge on any atom is -0.392 e. The molecule has 0 saturated carbocycles. The number of carbonyl (C=O) groups is 1. The van der Waals surface area contributed by atoms with Crippen molar-refractivity contribution in [1.82, 2.24) is 5.32 Å². The molecule has 4 nitrogen and oxygen atoms in total. The number of nitrogens with one attached hydrogen (secondary N) is 1. The van der Waals surface area contributed by atoms with Crippen molar-refractivity contribution in [3.05, 3.63) is 35.9 Å². The molecule has 0 heterocycles. The molecule has 82 valence electrons. The van der Waals surface area contributed by atoms with Crippen molar-refractivity contribution in [3.8, 4) is 0 Å². The Labute approximate surface area is 88.9 Å². The lowest BCUT2D eigenvalue weighted by Gasteiger charge is -2.28. The molecule has 4 heteroatoms. The van der Waals surface area contributed by atoms with Gasteiger partial charge in [-0.25, -0.2) is 0 Å². The van der Waals surface area contributed by atoms with Gasteiger partial charge in [0.2, 0.25) is 0 Å². The van der Waals surface area contributed by atoms with Gasteiger partial charge in [0, 0.05) is 14.2 Å². The number of methoxy groups -OCH3 is 1. The second-order valence-electron chi connectivity index (χ2n) is 3.13. The van der Waals surface area contributed by atoms with Gasteiger partial charge in [0.1, 0.15) is 0 Å². The van der Waals surface area contributed by atoms with E-state index in [4.69, 9.17) is 4.74 Å². The fourth-order valence-corrected chi connectivity index (χ4v) is 1.48. The van der Waals surface area contributed by atoms with E-state index in [0.29, 0.717) is 5.56 Å². The molecule has 0 radical (unpaired) electrons. The van der Waals surface area contributed by atoms with Crippen LogP contribution >= 0.6 is 0 Å². The minimum absolute atomic E-state index is 0.362. The first-order chi connectivity index (χ1) is 7.21. The van der Waals surface area contributed by atoms with Crippen molar-refractivity contribution in [1.29, 1.82) is 0 Å². The normalized spacial score (nSPS) is 14.3. The highest BCUT2D eigenvalue weighted by Gasteiger charge is 2.39. The molecule has 0 aliphatic heterocycles. The van der Waals surface area contributed by atoms with Gasteiger partial charge >= 0.3 is 0 Å². The monoisotopic (exact) mass is 209 g/mol. The summed E-state index contributed by atoms with van der Waals surface area (Å²) in [6.45, 7) is -0.396. The molecule has 0 bridgehead atoms. The van der Waals surface area contributed by atoms with E-state index in [9.17, 15) is 9.90 Å². The van der Waals surface area contributed by atoms with Crippen LogP contribution in [0.3, 0.4) is 0 Å². The van der Waals surface area contributed by atoms with Crippen LogP contribution in [0.25, 0.3) is 0 Å². The molecule has 1 amide bonds. The summed E-state index contributed by atoms with van der Waals surface area (Å²) in [4.78, 5) is 11.7. The first-order valence-corrected chi connectivity index (χ1v) is 4.65. The number of aliphatic hydroxyl groups excluding tert-OH is 1. The highest BCUT2D eigenvalue weighted by atomic mass is 16.5. The Hall–Kier alpha value is -1.39. The molecule has 15 heavy (non-hydrogen) atoms. The van der Waals surface area contributed by atoms with Crippen molar-refractivity contribution in [2.45, 2.75) is 5.60 Å². The second-order valence-corrected chi connectivity index (χ2v) is 3.13. The quantitative estimate of drug-likeness (QED) is 0.748. The first kappa shape index (κ1) is 11.7. The van der Waals surface area contributed by atoms with Gasteiger partial charge in [-0.05, 0) is 5.56 Å². The number of hydrogen-bond donors (Lipinski definition) is 2. The van der Waals surface area contributed by atoms with Crippen LogP contribution in [-0.2, 0) is 15.1 Å². The maximum atomic E-state index is 11.7. The predicted octanol–water partition coefficient (Wildman–Crippen LogP) is 0.267. The molecule has 0 aromatic heterocycles. The Kier molecular flexibility index (Phi) is 3.82. The molecule has 0 saturated heterocycles. The zero-order chi connectivity index (χ0) is 11.3. The maximum absolute atomic E-state index is 11.7. The summed E-state index contributed by atoms with van der Waals surface area (Å²) >= 11 is 0. The van der Waals surface area contributed by atoms with Gasteiger partial charge in [0.15, 0.2) is 5.60 Å². The van der Waals surface area contributed by atoms with E-state index in [1.807, 2.05) is 6.07 Å². The highest BCUT2D eigenvalue weighted by Crippen LogP contribution is 2.24. The van der Waals surface area contributed by atoms with Crippen molar-refractivity contribution in [2.75, 3.05) is 20.8 Å². The standard InChI is InChI=1S/C11H15NO3/c1-12-10(14)11(8-13,15-2)9-6-4-3-5-7-9/h3-7,13H,8H2,1-2H3,(H,12,14). The molecule has 0 fully saturated rings. The Morgan fingerprint density at radius 1 is 1.47 bits per heavy atom. The lowest BCUT2D eigenvalue weighted by molar-refractivity contribution is -0.149. The summed E-state index contributed by atoms with van der Waals surface area (Å²) in [6, 6.07) is 8.92. The minimum atomic E-state index is -1.31. The van der Waals surface area contributed by atoms with Crippen LogP contribution < -0.4 is 5.32 Å². The third kappa shape index (κ3) is 2.00. The van der Waals surface area contributed by atoms with Crippen LogP contribution in [0.15, 0.2) is 30.3 Å². The molecular weight excluding hydrogens is 194 g/mol. The van der Waals surface area contributed by atoms with Crippen LogP contribution in [0.5, 0.6) is 0 Å². The lowest BCUT2D eigenvalue weighted by Crippen LogP contribution is -2.47. The summed E-state index contributed by atoms with van der Waals surface area (Å²) in [5.41, 5.74) is -0.676. The van der Waals surface area contributed by atoms with E-state index in [0.717, 1.165) is 0 Å². The molecule has 0 spiro atoms. The maximum Gasteiger partial charge on any atom is 0.259 e. The van der Waals surface area contributed by atoms with Crippen molar-refractivity contribution < 1.29 is 14.6 Å². The van der Waals surface area contributed by atoms with Gasteiger partial charge in [0.25, 0.3) is 5.91 Å². The lowest BCUT2D eigenvalue weighted by atomic mass is 9.93. The van der Waals surface area contributed by atoms with E-state index in [1.54, 1.807) is 24.3 Å². The van der Waals surface area contributed by atoms with Crippen LogP contribution in [0.4, 0.5) is 0 Å². The number of rotatable bonds is 4. The Balaban J connectivity index is 3.17. The second kappa shape index (κ2) is 4.91. The van der Waals surface area contributed by atoms with E-state index < -0.39 is 12.2 Å². The smallest absolute Gasteiger partial charge is 0.259 e. The summed E-state index contributed by atoms with van der Waals surface area (Å²) in [5.74, 6) is -0.362. The van der Waals surface area contributed by atoms with E-state index >= 15 is 0 Å². The average Bonchev–Trinajstić information content (AvgIpc) is 2.32. The van der Waals surface area contributed by atoms with E-state index in [2.05, 4.69) is 5.32 Å². The summed E-state index contributed by atoms with van der Waals surface area (Å²) in [5, 5.41) is 11.8. The topological polar surface area (TPSA) is 58.6 Å². The molecule has 0 aliphatic rings. The average molecular weight is 209 g/mol. The van der Waals surface area contributed by atoms with E-state index in [-0.39, 0.29) is 5.91 Å². The summed E-state index contributed by atoms with van der Waals surface area (Å²) in [7, 11) is 2.91. The van der Waals surface area contributed by atoms with E-state index in [1.165, 1.54) is 14.2 Å². The van der Waals surface area contributed by atoms with Crippen LogP contribution in [-0.4, -0.2) is 31.8 Å². The number of amides is 1. The SMILES string of the molecule is CNC(=O)C(CO)(OC)c1ccccc1. The Morgan fingerprint density at radius 2 is 2.07 bits per heavy atom. The number of hydrogen-bond acceptors (Lipinski definition) is 3. The van der Waals surface area contributed by atoms with Gasteiger partial charge in [-0.2, -0.15) is 0 Å². The fraction of sp³-hybridized carbons (Fsp3) is 0.364. The Morgan fingerprint density at radius 3 is 2.47 bits per heavy atom. The molecule has 1 aromatic rings. The highest BCUT2D eigenvalue weighted by molar-refractivity contribution is 5.86. The van der Waals surface area contributed by atoms with Crippen molar-refractivity contribution in [2.24, 2.45) is 0 Å². The zero-order valence-corrected chi connectivity index (χ0v) is 8.86. The number of carbonyl (C=O) groups excluding carboxylic acids is 1. The van der Waals surface area contributed by atoms with Gasteiger partial charge < -0.3 is 15.2 Å². The van der Waals surface area contributed by atoms with Crippen LogP contribution in [0.1, 0.15) is 5.56 Å².